The molecule has 2 rings (SSSR count). The topological polar surface area (TPSA) is 24.5 Å². The average Bonchev–Trinajstić information content (AvgIpc) is 2.69. The second-order valence-electron chi connectivity index (χ2n) is 5.33. The largest absolute Gasteiger partial charge is 0.382 e. The maximum Gasteiger partial charge on any atom is 0.0478 e. The van der Waals surface area contributed by atoms with Crippen LogP contribution in [-0.4, -0.2) is 50.8 Å². The van der Waals surface area contributed by atoms with Crippen molar-refractivity contribution in [2.45, 2.75) is 32.6 Å². The molecule has 0 unspecified atom stereocenters. The molecule has 0 amide bonds. The van der Waals surface area contributed by atoms with E-state index in [0.717, 1.165) is 13.2 Å². The minimum atomic E-state index is 0.664. The molecule has 1 N–H and O–H groups in total. The Hall–Kier alpha value is -0.120. The van der Waals surface area contributed by atoms with E-state index in [4.69, 9.17) is 4.74 Å². The Labute approximate surface area is 99.5 Å². The zero-order chi connectivity index (χ0) is 11.3. The van der Waals surface area contributed by atoms with Crippen molar-refractivity contribution in [1.29, 1.82) is 0 Å². The number of hydrogen-bond donors (Lipinski definition) is 1. The number of piperidine rings is 1. The number of nitrogens with zero attached hydrogens (tertiary/aromatic N) is 1. The molecule has 94 valence electrons. The molecule has 2 heterocycles. The number of ether oxygens (including phenoxy) is 1. The van der Waals surface area contributed by atoms with Crippen LogP contribution in [0.15, 0.2) is 0 Å². The van der Waals surface area contributed by atoms with E-state index in [0.29, 0.717) is 5.41 Å². The predicted molar refractivity (Wildman–Crippen MR) is 66.7 cm³/mol. The van der Waals surface area contributed by atoms with Crippen LogP contribution in [0.4, 0.5) is 0 Å². The molecule has 0 atom stereocenters. The van der Waals surface area contributed by atoms with E-state index in [-0.39, 0.29) is 0 Å². The van der Waals surface area contributed by atoms with Gasteiger partial charge in [-0.2, -0.15) is 0 Å². The van der Waals surface area contributed by atoms with Crippen LogP contribution < -0.4 is 5.32 Å². The van der Waals surface area contributed by atoms with Crippen LogP contribution >= 0.6 is 0 Å². The van der Waals surface area contributed by atoms with Crippen LogP contribution in [0.2, 0.25) is 0 Å². The number of rotatable bonds is 5. The number of nitrogens with one attached hydrogen (secondary N) is 1. The second-order valence-corrected chi connectivity index (χ2v) is 5.33. The molecule has 0 aromatic carbocycles. The van der Waals surface area contributed by atoms with Crippen molar-refractivity contribution in [2.75, 3.05) is 45.9 Å². The predicted octanol–water partition coefficient (Wildman–Crippen LogP) is 1.49. The molecule has 0 saturated carbocycles. The van der Waals surface area contributed by atoms with Gasteiger partial charge < -0.3 is 15.0 Å². The molecule has 0 aromatic heterocycles. The standard InChI is InChI=1S/C13H26N2O/c1-2-16-11-3-9-15-10-6-13(12-15)4-7-14-8-5-13/h14H,2-12H2,1H3. The first-order chi connectivity index (χ1) is 7.85. The Bertz CT molecular complexity index is 202. The van der Waals surface area contributed by atoms with Gasteiger partial charge in [0.15, 0.2) is 0 Å². The molecule has 0 radical (unpaired) electrons. The summed E-state index contributed by atoms with van der Waals surface area (Å²) in [6.45, 7) is 10.2. The van der Waals surface area contributed by atoms with Crippen molar-refractivity contribution in [1.82, 2.24) is 10.2 Å². The Morgan fingerprint density at radius 3 is 2.81 bits per heavy atom. The van der Waals surface area contributed by atoms with Gasteiger partial charge in [-0.1, -0.05) is 0 Å². The third-order valence-electron chi connectivity index (χ3n) is 4.15. The molecule has 3 nitrogen and oxygen atoms in total. The summed E-state index contributed by atoms with van der Waals surface area (Å²) in [7, 11) is 0. The first-order valence-electron chi connectivity index (χ1n) is 6.85. The fourth-order valence-electron chi connectivity index (χ4n) is 3.12. The van der Waals surface area contributed by atoms with Gasteiger partial charge in [-0.15, -0.1) is 0 Å². The van der Waals surface area contributed by atoms with E-state index in [9.17, 15) is 0 Å². The molecular weight excluding hydrogens is 200 g/mol. The number of hydrogen-bond acceptors (Lipinski definition) is 3. The van der Waals surface area contributed by atoms with Crippen molar-refractivity contribution in [3.8, 4) is 0 Å². The van der Waals surface area contributed by atoms with Gasteiger partial charge in [0.25, 0.3) is 0 Å². The third kappa shape index (κ3) is 3.19. The van der Waals surface area contributed by atoms with Crippen molar-refractivity contribution in [3.05, 3.63) is 0 Å². The van der Waals surface area contributed by atoms with Gasteiger partial charge in [0, 0.05) is 26.3 Å². The van der Waals surface area contributed by atoms with E-state index < -0.39 is 0 Å². The lowest BCUT2D eigenvalue weighted by Crippen LogP contribution is -2.38. The van der Waals surface area contributed by atoms with Crippen molar-refractivity contribution < 1.29 is 4.74 Å². The highest BCUT2D eigenvalue weighted by Gasteiger charge is 2.38. The maximum absolute atomic E-state index is 5.39. The van der Waals surface area contributed by atoms with Crippen molar-refractivity contribution in [3.63, 3.8) is 0 Å². The summed E-state index contributed by atoms with van der Waals surface area (Å²) in [5, 5.41) is 3.47. The minimum absolute atomic E-state index is 0.664. The summed E-state index contributed by atoms with van der Waals surface area (Å²) < 4.78 is 5.39. The van der Waals surface area contributed by atoms with Gasteiger partial charge in [0.05, 0.1) is 0 Å². The fourth-order valence-corrected chi connectivity index (χ4v) is 3.12. The van der Waals surface area contributed by atoms with Crippen molar-refractivity contribution in [2.24, 2.45) is 5.41 Å². The Morgan fingerprint density at radius 2 is 2.06 bits per heavy atom. The molecule has 1 spiro atoms. The average molecular weight is 226 g/mol. The van der Waals surface area contributed by atoms with Crippen LogP contribution in [0.5, 0.6) is 0 Å². The van der Waals surface area contributed by atoms with E-state index >= 15 is 0 Å². The molecule has 0 bridgehead atoms. The van der Waals surface area contributed by atoms with Gasteiger partial charge in [-0.05, 0) is 57.7 Å². The quantitative estimate of drug-likeness (QED) is 0.719. The molecule has 3 heteroatoms. The van der Waals surface area contributed by atoms with Crippen LogP contribution in [0.1, 0.15) is 32.6 Å². The lowest BCUT2D eigenvalue weighted by molar-refractivity contribution is 0.131. The Balaban J connectivity index is 1.66. The summed E-state index contributed by atoms with van der Waals surface area (Å²) in [6, 6.07) is 0. The van der Waals surface area contributed by atoms with Gasteiger partial charge in [0.2, 0.25) is 0 Å². The molecule has 0 aromatic rings. The van der Waals surface area contributed by atoms with Gasteiger partial charge in [-0.25, -0.2) is 0 Å². The molecule has 0 aliphatic carbocycles. The summed E-state index contributed by atoms with van der Waals surface area (Å²) in [4.78, 5) is 2.64. The first kappa shape index (κ1) is 12.3. The normalized spacial score (nSPS) is 25.3. The molecule has 16 heavy (non-hydrogen) atoms. The molecule has 2 fully saturated rings. The number of likely N-dealkylation sites (tertiary alicyclic amines) is 1. The lowest BCUT2D eigenvalue weighted by Gasteiger charge is -2.33. The fraction of sp³-hybridized carbons (Fsp3) is 1.00. The summed E-state index contributed by atoms with van der Waals surface area (Å²) in [5.41, 5.74) is 0.664. The van der Waals surface area contributed by atoms with E-state index in [1.165, 1.54) is 58.4 Å². The third-order valence-corrected chi connectivity index (χ3v) is 4.15. The van der Waals surface area contributed by atoms with Crippen LogP contribution in [0.25, 0.3) is 0 Å². The summed E-state index contributed by atoms with van der Waals surface area (Å²) in [6.07, 6.45) is 5.38. The summed E-state index contributed by atoms with van der Waals surface area (Å²) in [5.74, 6) is 0. The van der Waals surface area contributed by atoms with Gasteiger partial charge in [-0.3, -0.25) is 0 Å². The zero-order valence-electron chi connectivity index (χ0n) is 10.6. The highest BCUT2D eigenvalue weighted by Crippen LogP contribution is 2.38. The molecule has 2 aliphatic heterocycles. The highest BCUT2D eigenvalue weighted by molar-refractivity contribution is 4.92. The monoisotopic (exact) mass is 226 g/mol. The van der Waals surface area contributed by atoms with Gasteiger partial charge >= 0.3 is 0 Å². The summed E-state index contributed by atoms with van der Waals surface area (Å²) >= 11 is 0. The van der Waals surface area contributed by atoms with E-state index in [1.807, 2.05) is 0 Å². The van der Waals surface area contributed by atoms with E-state index in [1.54, 1.807) is 0 Å². The van der Waals surface area contributed by atoms with Crippen LogP contribution in [0.3, 0.4) is 0 Å². The highest BCUT2D eigenvalue weighted by atomic mass is 16.5. The Morgan fingerprint density at radius 1 is 1.25 bits per heavy atom. The molecule has 2 saturated heterocycles. The zero-order valence-corrected chi connectivity index (χ0v) is 10.6. The Kier molecular flexibility index (Phi) is 4.62. The maximum atomic E-state index is 5.39. The smallest absolute Gasteiger partial charge is 0.0478 e. The molecular formula is C13H26N2O. The van der Waals surface area contributed by atoms with Gasteiger partial charge in [0.1, 0.15) is 0 Å². The van der Waals surface area contributed by atoms with Crippen molar-refractivity contribution >= 4 is 0 Å². The van der Waals surface area contributed by atoms with Crippen LogP contribution in [0, 0.1) is 5.41 Å². The lowest BCUT2D eigenvalue weighted by atomic mass is 9.78. The second kappa shape index (κ2) is 5.99. The first-order valence-corrected chi connectivity index (χ1v) is 6.85. The minimum Gasteiger partial charge on any atom is -0.382 e. The van der Waals surface area contributed by atoms with Crippen LogP contribution in [-0.2, 0) is 4.74 Å². The molecule has 2 aliphatic rings. The SMILES string of the molecule is CCOCCCN1CCC2(CCNCC2)C1. The van der Waals surface area contributed by atoms with E-state index in [2.05, 4.69) is 17.1 Å².